The van der Waals surface area contributed by atoms with Gasteiger partial charge < -0.3 is 19.5 Å². The molecule has 20 heavy (non-hydrogen) atoms. The summed E-state index contributed by atoms with van der Waals surface area (Å²) in [6.45, 7) is 4.90. The van der Waals surface area contributed by atoms with Crippen LogP contribution in [-0.4, -0.2) is 39.1 Å². The average Bonchev–Trinajstić information content (AvgIpc) is 2.45. The number of ether oxygens (including phenoxy) is 3. The van der Waals surface area contributed by atoms with Crippen LogP contribution in [0.25, 0.3) is 0 Å². The van der Waals surface area contributed by atoms with Gasteiger partial charge in [0.2, 0.25) is 0 Å². The molecule has 6 heteroatoms. The first kappa shape index (κ1) is 16.4. The second kappa shape index (κ2) is 8.50. The molecule has 0 radical (unpaired) electrons. The maximum atomic E-state index is 13.3. The quantitative estimate of drug-likeness (QED) is 0.742. The van der Waals surface area contributed by atoms with Crippen LogP contribution in [0.2, 0.25) is 0 Å². The van der Waals surface area contributed by atoms with Gasteiger partial charge in [-0.3, -0.25) is 4.79 Å². The van der Waals surface area contributed by atoms with Crippen LogP contribution < -0.4 is 10.1 Å². The molecular weight excluding hydrogens is 265 g/mol. The highest BCUT2D eigenvalue weighted by Gasteiger charge is 2.13. The maximum Gasteiger partial charge on any atom is 0.251 e. The molecule has 0 unspecified atom stereocenters. The van der Waals surface area contributed by atoms with E-state index in [1.54, 1.807) is 0 Å². The van der Waals surface area contributed by atoms with Gasteiger partial charge in [-0.05, 0) is 32.0 Å². The van der Waals surface area contributed by atoms with Crippen molar-refractivity contribution in [3.05, 3.63) is 29.6 Å². The lowest BCUT2D eigenvalue weighted by molar-refractivity contribution is -0.131. The SMILES string of the molecule is CCOC(CNC(=O)c1ccc(F)c(OC)c1)OCC. The summed E-state index contributed by atoms with van der Waals surface area (Å²) in [4.78, 5) is 11.9. The van der Waals surface area contributed by atoms with E-state index < -0.39 is 12.1 Å². The van der Waals surface area contributed by atoms with Crippen molar-refractivity contribution in [2.45, 2.75) is 20.1 Å². The predicted octanol–water partition coefficient (Wildman–Crippen LogP) is 1.96. The summed E-state index contributed by atoms with van der Waals surface area (Å²) in [6, 6.07) is 3.93. The van der Waals surface area contributed by atoms with Crippen molar-refractivity contribution < 1.29 is 23.4 Å². The summed E-state index contributed by atoms with van der Waals surface area (Å²) >= 11 is 0. The summed E-state index contributed by atoms with van der Waals surface area (Å²) < 4.78 is 28.7. The Balaban J connectivity index is 2.61. The van der Waals surface area contributed by atoms with E-state index in [-0.39, 0.29) is 18.2 Å². The Kier molecular flexibility index (Phi) is 6.97. The number of hydrogen-bond acceptors (Lipinski definition) is 4. The number of halogens is 1. The molecule has 0 fully saturated rings. The zero-order valence-corrected chi connectivity index (χ0v) is 11.9. The maximum absolute atomic E-state index is 13.3. The number of methoxy groups -OCH3 is 1. The van der Waals surface area contributed by atoms with E-state index >= 15 is 0 Å². The number of benzene rings is 1. The van der Waals surface area contributed by atoms with Crippen molar-refractivity contribution in [3.63, 3.8) is 0 Å². The smallest absolute Gasteiger partial charge is 0.251 e. The van der Waals surface area contributed by atoms with Gasteiger partial charge in [0.15, 0.2) is 17.9 Å². The molecule has 0 heterocycles. The van der Waals surface area contributed by atoms with E-state index in [0.29, 0.717) is 18.8 Å². The number of carbonyl (C=O) groups excluding carboxylic acids is 1. The standard InChI is InChI=1S/C14H20FNO4/c1-4-19-13(20-5-2)9-16-14(17)10-6-7-11(15)12(8-10)18-3/h6-8,13H,4-5,9H2,1-3H3,(H,16,17). The van der Waals surface area contributed by atoms with Crippen molar-refractivity contribution in [1.82, 2.24) is 5.32 Å². The van der Waals surface area contributed by atoms with Crippen molar-refractivity contribution >= 4 is 5.91 Å². The van der Waals surface area contributed by atoms with Crippen molar-refractivity contribution in [2.75, 3.05) is 26.9 Å². The molecule has 0 aliphatic rings. The van der Waals surface area contributed by atoms with Gasteiger partial charge in [0, 0.05) is 18.8 Å². The van der Waals surface area contributed by atoms with Gasteiger partial charge in [-0.15, -0.1) is 0 Å². The number of hydrogen-bond donors (Lipinski definition) is 1. The highest BCUT2D eigenvalue weighted by molar-refractivity contribution is 5.94. The van der Waals surface area contributed by atoms with Crippen molar-refractivity contribution in [2.24, 2.45) is 0 Å². The minimum absolute atomic E-state index is 0.0313. The van der Waals surface area contributed by atoms with Crippen LogP contribution in [0.3, 0.4) is 0 Å². The van der Waals surface area contributed by atoms with Gasteiger partial charge in [-0.2, -0.15) is 0 Å². The van der Waals surface area contributed by atoms with E-state index in [4.69, 9.17) is 14.2 Å². The Bertz CT molecular complexity index is 433. The van der Waals surface area contributed by atoms with E-state index in [1.807, 2.05) is 13.8 Å². The fourth-order valence-corrected chi connectivity index (χ4v) is 1.62. The first-order valence-electron chi connectivity index (χ1n) is 6.47. The first-order chi connectivity index (χ1) is 9.62. The molecule has 1 N–H and O–H groups in total. The molecule has 0 spiro atoms. The van der Waals surface area contributed by atoms with Gasteiger partial charge in [0.25, 0.3) is 5.91 Å². The molecule has 0 aliphatic heterocycles. The third-order valence-electron chi connectivity index (χ3n) is 2.55. The molecule has 0 saturated heterocycles. The van der Waals surface area contributed by atoms with E-state index in [0.717, 1.165) is 0 Å². The minimum atomic E-state index is -0.509. The zero-order chi connectivity index (χ0) is 15.0. The lowest BCUT2D eigenvalue weighted by Gasteiger charge is -2.17. The normalized spacial score (nSPS) is 10.7. The summed E-state index contributed by atoms with van der Waals surface area (Å²) in [5.74, 6) is -0.818. The molecule has 0 aliphatic carbocycles. The highest BCUT2D eigenvalue weighted by atomic mass is 19.1. The van der Waals surface area contributed by atoms with E-state index in [9.17, 15) is 9.18 Å². The fourth-order valence-electron chi connectivity index (χ4n) is 1.62. The Hall–Kier alpha value is -1.66. The Morgan fingerprint density at radius 1 is 1.30 bits per heavy atom. The monoisotopic (exact) mass is 285 g/mol. The molecule has 1 amide bonds. The predicted molar refractivity (Wildman–Crippen MR) is 72.3 cm³/mol. The van der Waals surface area contributed by atoms with Gasteiger partial charge in [-0.1, -0.05) is 0 Å². The molecule has 0 saturated carbocycles. The third-order valence-corrected chi connectivity index (χ3v) is 2.55. The Morgan fingerprint density at radius 2 is 1.95 bits per heavy atom. The second-order valence-corrected chi connectivity index (χ2v) is 3.90. The zero-order valence-electron chi connectivity index (χ0n) is 11.9. The summed E-state index contributed by atoms with van der Waals surface area (Å²) in [7, 11) is 1.35. The Morgan fingerprint density at radius 3 is 2.50 bits per heavy atom. The van der Waals surface area contributed by atoms with Gasteiger partial charge in [-0.25, -0.2) is 4.39 Å². The number of amides is 1. The molecule has 112 valence electrons. The van der Waals surface area contributed by atoms with Gasteiger partial charge in [0.1, 0.15) is 0 Å². The van der Waals surface area contributed by atoms with Crippen LogP contribution in [-0.2, 0) is 9.47 Å². The molecule has 1 aromatic rings. The molecule has 1 aromatic carbocycles. The highest BCUT2D eigenvalue weighted by Crippen LogP contribution is 2.18. The summed E-state index contributed by atoms with van der Waals surface area (Å²) in [6.07, 6.45) is -0.490. The lowest BCUT2D eigenvalue weighted by Crippen LogP contribution is -2.35. The lowest BCUT2D eigenvalue weighted by atomic mass is 10.2. The topological polar surface area (TPSA) is 56.8 Å². The number of nitrogens with one attached hydrogen (secondary N) is 1. The van der Waals surface area contributed by atoms with Gasteiger partial charge >= 0.3 is 0 Å². The third kappa shape index (κ3) is 4.79. The molecule has 0 bridgehead atoms. The van der Waals surface area contributed by atoms with Crippen molar-refractivity contribution in [3.8, 4) is 5.75 Å². The average molecular weight is 285 g/mol. The van der Waals surface area contributed by atoms with Crippen LogP contribution in [0, 0.1) is 5.82 Å². The number of rotatable bonds is 8. The van der Waals surface area contributed by atoms with Crippen LogP contribution in [0.15, 0.2) is 18.2 Å². The number of carbonyl (C=O) groups is 1. The summed E-state index contributed by atoms with van der Waals surface area (Å²) in [5.41, 5.74) is 0.315. The Labute approximate surface area is 118 Å². The largest absolute Gasteiger partial charge is 0.494 e. The van der Waals surface area contributed by atoms with Crippen LogP contribution in [0.5, 0.6) is 5.75 Å². The van der Waals surface area contributed by atoms with E-state index in [1.165, 1.54) is 25.3 Å². The van der Waals surface area contributed by atoms with E-state index in [2.05, 4.69) is 5.32 Å². The fraction of sp³-hybridized carbons (Fsp3) is 0.500. The van der Waals surface area contributed by atoms with Crippen molar-refractivity contribution in [1.29, 1.82) is 0 Å². The van der Waals surface area contributed by atoms with Crippen LogP contribution in [0.4, 0.5) is 4.39 Å². The molecule has 1 rings (SSSR count). The molecule has 5 nitrogen and oxygen atoms in total. The minimum Gasteiger partial charge on any atom is -0.494 e. The first-order valence-corrected chi connectivity index (χ1v) is 6.47. The molecule has 0 aromatic heterocycles. The van der Waals surface area contributed by atoms with Crippen LogP contribution >= 0.6 is 0 Å². The molecular formula is C14H20FNO4. The van der Waals surface area contributed by atoms with Crippen LogP contribution in [0.1, 0.15) is 24.2 Å². The summed E-state index contributed by atoms with van der Waals surface area (Å²) in [5, 5.41) is 2.67. The van der Waals surface area contributed by atoms with Gasteiger partial charge in [0.05, 0.1) is 13.7 Å². The molecule has 0 atom stereocenters. The second-order valence-electron chi connectivity index (χ2n) is 3.90.